The topological polar surface area (TPSA) is 68.0 Å². The molecule has 1 atom stereocenters. The molecule has 3 rings (SSSR count). The van der Waals surface area contributed by atoms with Gasteiger partial charge in [0.1, 0.15) is 0 Å². The van der Waals surface area contributed by atoms with Gasteiger partial charge in [0.25, 0.3) is 5.56 Å². The minimum atomic E-state index is -0.0171. The summed E-state index contributed by atoms with van der Waals surface area (Å²) in [6.07, 6.45) is 10.3. The third-order valence-electron chi connectivity index (χ3n) is 4.66. The van der Waals surface area contributed by atoms with Gasteiger partial charge in [-0.15, -0.1) is 0 Å². The number of hydrogen-bond donors (Lipinski definition) is 1. The normalized spacial score (nSPS) is 17.2. The molecule has 1 saturated heterocycles. The van der Waals surface area contributed by atoms with Crippen molar-refractivity contribution in [3.63, 3.8) is 0 Å². The second-order valence-corrected chi connectivity index (χ2v) is 6.55. The second kappa shape index (κ2) is 7.61. The van der Waals surface area contributed by atoms with Crippen LogP contribution in [0.25, 0.3) is 0 Å². The lowest BCUT2D eigenvalue weighted by molar-refractivity contribution is 0.353. The molecule has 1 N–H and O–H groups in total. The quantitative estimate of drug-likeness (QED) is 0.856. The van der Waals surface area contributed by atoms with Crippen LogP contribution < -0.4 is 15.8 Å². The molecule has 2 aromatic heterocycles. The van der Waals surface area contributed by atoms with Crippen LogP contribution in [-0.4, -0.2) is 44.5 Å². The van der Waals surface area contributed by atoms with Crippen molar-refractivity contribution in [1.29, 1.82) is 0 Å². The number of piperidine rings is 1. The second-order valence-electron chi connectivity index (χ2n) is 6.55. The highest BCUT2D eigenvalue weighted by molar-refractivity contribution is 5.36. The fourth-order valence-electron chi connectivity index (χ4n) is 3.20. The summed E-state index contributed by atoms with van der Waals surface area (Å²) in [5.41, 5.74) is -0.0171. The van der Waals surface area contributed by atoms with Crippen LogP contribution in [0.4, 0.5) is 5.82 Å². The molecule has 1 aliphatic rings. The van der Waals surface area contributed by atoms with Gasteiger partial charge in [-0.05, 0) is 32.3 Å². The Hall–Kier alpha value is -2.15. The summed E-state index contributed by atoms with van der Waals surface area (Å²) < 4.78 is 3.56. The van der Waals surface area contributed by atoms with Crippen LogP contribution in [0.15, 0.2) is 35.6 Å². The van der Waals surface area contributed by atoms with Gasteiger partial charge >= 0.3 is 0 Å². The Kier molecular flexibility index (Phi) is 5.30. The van der Waals surface area contributed by atoms with E-state index in [-0.39, 0.29) is 5.56 Å². The highest BCUT2D eigenvalue weighted by atomic mass is 16.1. The van der Waals surface area contributed by atoms with Crippen molar-refractivity contribution < 1.29 is 0 Å². The maximum Gasteiger partial charge on any atom is 0.293 e. The van der Waals surface area contributed by atoms with Gasteiger partial charge in [0, 0.05) is 63.6 Å². The van der Waals surface area contributed by atoms with Crippen molar-refractivity contribution in [2.24, 2.45) is 7.05 Å². The fourth-order valence-corrected chi connectivity index (χ4v) is 3.20. The van der Waals surface area contributed by atoms with E-state index in [2.05, 4.69) is 27.2 Å². The summed E-state index contributed by atoms with van der Waals surface area (Å²) >= 11 is 0. The summed E-state index contributed by atoms with van der Waals surface area (Å²) in [6.45, 7) is 4.90. The van der Waals surface area contributed by atoms with Gasteiger partial charge in [0.15, 0.2) is 5.82 Å². The first kappa shape index (κ1) is 16.7. The molecule has 1 aliphatic heterocycles. The van der Waals surface area contributed by atoms with Gasteiger partial charge < -0.3 is 14.8 Å². The lowest BCUT2D eigenvalue weighted by atomic mass is 10.0. The van der Waals surface area contributed by atoms with Crippen LogP contribution in [0.1, 0.15) is 26.2 Å². The molecule has 2 aromatic rings. The van der Waals surface area contributed by atoms with Crippen molar-refractivity contribution in [3.05, 3.63) is 41.2 Å². The Morgan fingerprint density at radius 2 is 2.08 bits per heavy atom. The Labute approximate surface area is 142 Å². The van der Waals surface area contributed by atoms with Crippen LogP contribution in [0.5, 0.6) is 0 Å². The van der Waals surface area contributed by atoms with E-state index in [1.54, 1.807) is 24.0 Å². The summed E-state index contributed by atoms with van der Waals surface area (Å²) in [4.78, 5) is 18.5. The third kappa shape index (κ3) is 4.03. The van der Waals surface area contributed by atoms with Crippen molar-refractivity contribution in [2.45, 2.75) is 44.8 Å². The van der Waals surface area contributed by atoms with E-state index in [1.807, 2.05) is 23.1 Å². The minimum absolute atomic E-state index is 0.0171. The Morgan fingerprint density at radius 3 is 2.79 bits per heavy atom. The van der Waals surface area contributed by atoms with Gasteiger partial charge in [-0.2, -0.15) is 5.10 Å². The predicted molar refractivity (Wildman–Crippen MR) is 94.2 cm³/mol. The molecule has 1 fully saturated rings. The minimum Gasteiger partial charge on any atom is -0.352 e. The molecule has 0 radical (unpaired) electrons. The van der Waals surface area contributed by atoms with Crippen LogP contribution >= 0.6 is 0 Å². The summed E-state index contributed by atoms with van der Waals surface area (Å²) in [6, 6.07) is 2.91. The molecule has 130 valence electrons. The van der Waals surface area contributed by atoms with E-state index in [0.29, 0.717) is 17.9 Å². The summed E-state index contributed by atoms with van der Waals surface area (Å²) in [7, 11) is 1.77. The van der Waals surface area contributed by atoms with Crippen molar-refractivity contribution in [3.8, 4) is 0 Å². The van der Waals surface area contributed by atoms with Gasteiger partial charge in [0.2, 0.25) is 0 Å². The average molecular weight is 330 g/mol. The van der Waals surface area contributed by atoms with Crippen LogP contribution in [0.2, 0.25) is 0 Å². The molecule has 3 heterocycles. The largest absolute Gasteiger partial charge is 0.352 e. The average Bonchev–Trinajstić information content (AvgIpc) is 3.10. The molecule has 0 aliphatic carbocycles. The maximum atomic E-state index is 12.2. The highest BCUT2D eigenvalue weighted by Gasteiger charge is 2.23. The first-order valence-electron chi connectivity index (χ1n) is 8.63. The lowest BCUT2D eigenvalue weighted by Gasteiger charge is -2.34. The van der Waals surface area contributed by atoms with E-state index in [9.17, 15) is 4.79 Å². The molecule has 0 spiro atoms. The van der Waals surface area contributed by atoms with E-state index in [4.69, 9.17) is 0 Å². The molecule has 24 heavy (non-hydrogen) atoms. The van der Waals surface area contributed by atoms with Crippen LogP contribution in [0, 0.1) is 0 Å². The van der Waals surface area contributed by atoms with Crippen molar-refractivity contribution in [2.75, 3.05) is 18.0 Å². The van der Waals surface area contributed by atoms with E-state index < -0.39 is 0 Å². The number of hydrogen-bond acceptors (Lipinski definition) is 5. The number of anilines is 1. The Morgan fingerprint density at radius 1 is 1.29 bits per heavy atom. The molecule has 0 amide bonds. The van der Waals surface area contributed by atoms with Gasteiger partial charge in [-0.1, -0.05) is 0 Å². The molecular weight excluding hydrogens is 304 g/mol. The molecular formula is C17H26N6O. The first-order valence-corrected chi connectivity index (χ1v) is 8.63. The number of aryl methyl sites for hydroxylation is 2. The zero-order valence-electron chi connectivity index (χ0n) is 14.4. The third-order valence-corrected chi connectivity index (χ3v) is 4.66. The molecule has 0 unspecified atom stereocenters. The zero-order valence-corrected chi connectivity index (χ0v) is 14.4. The molecule has 7 heteroatoms. The number of aromatic nitrogens is 4. The molecule has 7 nitrogen and oxygen atoms in total. The number of nitrogens with zero attached hydrogens (tertiary/aromatic N) is 5. The van der Waals surface area contributed by atoms with Crippen LogP contribution in [0.3, 0.4) is 0 Å². The molecule has 0 bridgehead atoms. The number of rotatable bonds is 6. The molecule has 0 saturated carbocycles. The summed E-state index contributed by atoms with van der Waals surface area (Å²) in [5.74, 6) is 0.574. The van der Waals surface area contributed by atoms with E-state index >= 15 is 0 Å². The maximum absolute atomic E-state index is 12.2. The van der Waals surface area contributed by atoms with Crippen molar-refractivity contribution >= 4 is 5.82 Å². The fraction of sp³-hybridized carbons (Fsp3) is 0.588. The molecule has 0 aromatic carbocycles. The van der Waals surface area contributed by atoms with E-state index in [1.165, 1.54) is 0 Å². The SMILES string of the molecule is C[C@@H](CCn1cccn1)NC1CCN(c2nccn(C)c2=O)CC1. The standard InChI is InChI=1S/C17H26N6O/c1-14(4-12-23-9-3-7-19-23)20-15-5-10-22(11-6-15)16-17(24)21(2)13-8-18-16/h3,7-9,13-15,20H,4-6,10-12H2,1-2H3/t14-/m0/s1. The summed E-state index contributed by atoms with van der Waals surface area (Å²) in [5, 5.41) is 7.95. The van der Waals surface area contributed by atoms with Crippen LogP contribution in [-0.2, 0) is 13.6 Å². The smallest absolute Gasteiger partial charge is 0.293 e. The Bertz CT molecular complexity index is 687. The lowest BCUT2D eigenvalue weighted by Crippen LogP contribution is -2.47. The van der Waals surface area contributed by atoms with Crippen molar-refractivity contribution in [1.82, 2.24) is 24.6 Å². The van der Waals surface area contributed by atoms with Gasteiger partial charge in [0.05, 0.1) is 0 Å². The van der Waals surface area contributed by atoms with Gasteiger partial charge in [-0.25, -0.2) is 4.98 Å². The number of nitrogens with one attached hydrogen (secondary N) is 1. The predicted octanol–water partition coefficient (Wildman–Crippen LogP) is 1.01. The zero-order chi connectivity index (χ0) is 16.9. The van der Waals surface area contributed by atoms with E-state index in [0.717, 1.165) is 38.9 Å². The highest BCUT2D eigenvalue weighted by Crippen LogP contribution is 2.15. The first-order chi connectivity index (χ1) is 11.6. The Balaban J connectivity index is 1.46. The van der Waals surface area contributed by atoms with Gasteiger partial charge in [-0.3, -0.25) is 9.48 Å². The monoisotopic (exact) mass is 330 g/mol.